The Morgan fingerprint density at radius 1 is 1.15 bits per heavy atom. The van der Waals surface area contributed by atoms with Crippen molar-refractivity contribution < 1.29 is 13.6 Å². The highest BCUT2D eigenvalue weighted by Gasteiger charge is 2.17. The number of carbonyl (C=O) groups excluding carboxylic acids is 1. The minimum absolute atomic E-state index is 0.200. The van der Waals surface area contributed by atoms with Gasteiger partial charge >= 0.3 is 0 Å². The van der Waals surface area contributed by atoms with Crippen LogP contribution in [0, 0.1) is 24.6 Å². The van der Waals surface area contributed by atoms with Crippen LogP contribution in [-0.2, 0) is 6.54 Å². The van der Waals surface area contributed by atoms with Gasteiger partial charge in [0, 0.05) is 28.0 Å². The fourth-order valence-electron chi connectivity index (χ4n) is 3.36. The van der Waals surface area contributed by atoms with Gasteiger partial charge in [0.2, 0.25) is 5.91 Å². The molecule has 0 aliphatic heterocycles. The van der Waals surface area contributed by atoms with Crippen molar-refractivity contribution in [2.24, 2.45) is 5.73 Å². The Bertz CT molecular complexity index is 1180. The molecule has 0 aliphatic carbocycles. The zero-order valence-electron chi connectivity index (χ0n) is 14.0. The molecule has 0 fully saturated rings. The van der Waals surface area contributed by atoms with Gasteiger partial charge in [0.1, 0.15) is 11.6 Å². The lowest BCUT2D eigenvalue weighted by Crippen LogP contribution is -2.11. The number of halogens is 2. The highest BCUT2D eigenvalue weighted by atomic mass is 19.1. The molecule has 0 saturated carbocycles. The first kappa shape index (κ1) is 16.3. The van der Waals surface area contributed by atoms with Crippen molar-refractivity contribution >= 4 is 27.7 Å². The highest BCUT2D eigenvalue weighted by Crippen LogP contribution is 2.32. The Kier molecular flexibility index (Phi) is 3.72. The van der Waals surface area contributed by atoms with Crippen LogP contribution in [0.4, 0.5) is 8.78 Å². The van der Waals surface area contributed by atoms with E-state index in [2.05, 4.69) is 6.07 Å². The summed E-state index contributed by atoms with van der Waals surface area (Å²) in [5.41, 5.74) is 8.85. The lowest BCUT2D eigenvalue weighted by atomic mass is 10.1. The number of carbonyl (C=O) groups is 1. The van der Waals surface area contributed by atoms with Gasteiger partial charge in [-0.25, -0.2) is 8.78 Å². The zero-order valence-corrected chi connectivity index (χ0v) is 14.0. The average Bonchev–Trinajstić information content (AvgIpc) is 2.90. The number of aromatic nitrogens is 1. The van der Waals surface area contributed by atoms with Crippen LogP contribution in [0.3, 0.4) is 0 Å². The molecular weight excluding hydrogens is 334 g/mol. The summed E-state index contributed by atoms with van der Waals surface area (Å²) in [6, 6.07) is 15.8. The molecule has 0 saturated heterocycles. The molecule has 1 heterocycles. The number of benzene rings is 3. The standard InChI is InChI=1S/C21H15F2N2O/c1-12-5-8-15-19(9-12)25(11-13-6-7-14(22)10-17(13)23)18-4-2-3-16(20(15)18)21(24)26/h2-7,9-10H,11H2,1H3,(H2,24,26). The van der Waals surface area contributed by atoms with E-state index in [9.17, 15) is 13.6 Å². The molecule has 1 amide bonds. The van der Waals surface area contributed by atoms with Crippen molar-refractivity contribution in [3.63, 3.8) is 0 Å². The maximum absolute atomic E-state index is 14.2. The second-order valence-corrected chi connectivity index (χ2v) is 6.32. The van der Waals surface area contributed by atoms with E-state index in [0.29, 0.717) is 16.5 Å². The average molecular weight is 349 g/mol. The molecule has 4 rings (SSSR count). The Hall–Kier alpha value is -3.21. The van der Waals surface area contributed by atoms with Crippen molar-refractivity contribution in [2.45, 2.75) is 13.5 Å². The first-order valence-electron chi connectivity index (χ1n) is 8.12. The minimum Gasteiger partial charge on any atom is -0.366 e. The monoisotopic (exact) mass is 349 g/mol. The number of primary amides is 1. The van der Waals surface area contributed by atoms with E-state index in [0.717, 1.165) is 28.0 Å². The third kappa shape index (κ3) is 2.52. The molecule has 1 radical (unpaired) electrons. The van der Waals surface area contributed by atoms with Crippen molar-refractivity contribution in [2.75, 3.05) is 0 Å². The van der Waals surface area contributed by atoms with Gasteiger partial charge in [-0.15, -0.1) is 0 Å². The van der Waals surface area contributed by atoms with Crippen molar-refractivity contribution in [1.29, 1.82) is 0 Å². The van der Waals surface area contributed by atoms with Crippen molar-refractivity contribution in [3.05, 3.63) is 82.9 Å². The van der Waals surface area contributed by atoms with E-state index in [1.165, 1.54) is 12.1 Å². The fourth-order valence-corrected chi connectivity index (χ4v) is 3.36. The van der Waals surface area contributed by atoms with Crippen molar-refractivity contribution in [1.82, 2.24) is 4.57 Å². The Morgan fingerprint density at radius 2 is 1.96 bits per heavy atom. The summed E-state index contributed by atoms with van der Waals surface area (Å²) in [5, 5.41) is 1.44. The van der Waals surface area contributed by atoms with E-state index in [-0.39, 0.29) is 6.54 Å². The molecule has 0 unspecified atom stereocenters. The van der Waals surface area contributed by atoms with Crippen LogP contribution < -0.4 is 5.73 Å². The molecule has 2 N–H and O–H groups in total. The van der Waals surface area contributed by atoms with Crippen LogP contribution in [0.1, 0.15) is 21.5 Å². The largest absolute Gasteiger partial charge is 0.366 e. The smallest absolute Gasteiger partial charge is 0.249 e. The van der Waals surface area contributed by atoms with Crippen molar-refractivity contribution in [3.8, 4) is 0 Å². The minimum atomic E-state index is -0.617. The molecule has 3 aromatic carbocycles. The van der Waals surface area contributed by atoms with Gasteiger partial charge < -0.3 is 10.3 Å². The van der Waals surface area contributed by atoms with Gasteiger partial charge in [-0.3, -0.25) is 4.79 Å². The van der Waals surface area contributed by atoms with E-state index in [4.69, 9.17) is 5.73 Å². The normalized spacial score (nSPS) is 11.3. The SMILES string of the molecule is Cc1c[c]c2c3c(C(N)=O)cccc3n(Cc3ccc(F)cc3F)c2c1. The van der Waals surface area contributed by atoms with E-state index < -0.39 is 17.5 Å². The predicted molar refractivity (Wildman–Crippen MR) is 97.0 cm³/mol. The number of hydrogen-bond acceptors (Lipinski definition) is 1. The van der Waals surface area contributed by atoms with E-state index in [1.54, 1.807) is 12.1 Å². The number of hydrogen-bond donors (Lipinski definition) is 1. The van der Waals surface area contributed by atoms with Crippen LogP contribution in [0.15, 0.2) is 48.5 Å². The van der Waals surface area contributed by atoms with Crippen LogP contribution in [0.5, 0.6) is 0 Å². The summed E-state index contributed by atoms with van der Waals surface area (Å²) in [5.74, 6) is -1.76. The third-order valence-electron chi connectivity index (χ3n) is 4.55. The number of amides is 1. The molecule has 0 bridgehead atoms. The molecule has 129 valence electrons. The van der Waals surface area contributed by atoms with Gasteiger partial charge in [0.15, 0.2) is 0 Å². The maximum atomic E-state index is 14.2. The molecule has 4 aromatic rings. The number of rotatable bonds is 3. The number of fused-ring (bicyclic) bond motifs is 3. The van der Waals surface area contributed by atoms with Gasteiger partial charge in [0.05, 0.1) is 17.6 Å². The number of nitrogens with zero attached hydrogens (tertiary/aromatic N) is 1. The molecule has 3 nitrogen and oxygen atoms in total. The number of nitrogens with two attached hydrogens (primary N) is 1. The Labute approximate surface area is 148 Å². The van der Waals surface area contributed by atoms with E-state index in [1.807, 2.05) is 29.7 Å². The van der Waals surface area contributed by atoms with Gasteiger partial charge in [-0.2, -0.15) is 0 Å². The van der Waals surface area contributed by atoms with E-state index >= 15 is 0 Å². The fraction of sp³-hybridized carbons (Fsp3) is 0.0952. The molecule has 1 aromatic heterocycles. The molecule has 5 heteroatoms. The maximum Gasteiger partial charge on any atom is 0.249 e. The van der Waals surface area contributed by atoms with Gasteiger partial charge in [0.25, 0.3) is 0 Å². The molecular formula is C21H15F2N2O. The third-order valence-corrected chi connectivity index (χ3v) is 4.55. The molecule has 26 heavy (non-hydrogen) atoms. The lowest BCUT2D eigenvalue weighted by molar-refractivity contribution is 0.100. The number of aryl methyl sites for hydroxylation is 1. The molecule has 0 aliphatic rings. The summed E-state index contributed by atoms with van der Waals surface area (Å²) in [6.07, 6.45) is 0. The summed E-state index contributed by atoms with van der Waals surface area (Å²) in [6.45, 7) is 2.14. The lowest BCUT2D eigenvalue weighted by Gasteiger charge is -2.09. The first-order chi connectivity index (χ1) is 12.5. The first-order valence-corrected chi connectivity index (χ1v) is 8.12. The van der Waals surface area contributed by atoms with Crippen LogP contribution >= 0.6 is 0 Å². The Balaban J connectivity index is 2.05. The second-order valence-electron chi connectivity index (χ2n) is 6.32. The molecule has 0 atom stereocenters. The highest BCUT2D eigenvalue weighted by molar-refractivity contribution is 6.17. The Morgan fingerprint density at radius 3 is 2.69 bits per heavy atom. The quantitative estimate of drug-likeness (QED) is 0.588. The predicted octanol–water partition coefficient (Wildman–Crippen LogP) is 4.33. The van der Waals surface area contributed by atoms with Crippen LogP contribution in [0.2, 0.25) is 0 Å². The summed E-state index contributed by atoms with van der Waals surface area (Å²) >= 11 is 0. The summed E-state index contributed by atoms with van der Waals surface area (Å²) in [4.78, 5) is 11.9. The van der Waals surface area contributed by atoms with Crippen LogP contribution in [0.25, 0.3) is 21.8 Å². The van der Waals surface area contributed by atoms with Gasteiger partial charge in [-0.05, 0) is 42.8 Å². The summed E-state index contributed by atoms with van der Waals surface area (Å²) < 4.78 is 29.3. The topological polar surface area (TPSA) is 48.0 Å². The van der Waals surface area contributed by atoms with Crippen LogP contribution in [-0.4, -0.2) is 10.5 Å². The molecule has 0 spiro atoms. The zero-order chi connectivity index (χ0) is 18.4. The summed E-state index contributed by atoms with van der Waals surface area (Å²) in [7, 11) is 0. The van der Waals surface area contributed by atoms with Gasteiger partial charge in [-0.1, -0.05) is 18.2 Å². The second kappa shape index (κ2) is 5.95.